The molecule has 1 aliphatic rings. The van der Waals surface area contributed by atoms with Crippen LogP contribution in [-0.2, 0) is 4.79 Å². The normalized spacial score (nSPS) is 16.8. The molecule has 1 aromatic carbocycles. The lowest BCUT2D eigenvalue weighted by Crippen LogP contribution is -2.29. The topological polar surface area (TPSA) is 69.3 Å². The number of rotatable bonds is 3. The number of aromatic nitrogens is 1. The van der Waals surface area contributed by atoms with Gasteiger partial charge < -0.3 is 0 Å². The summed E-state index contributed by atoms with van der Waals surface area (Å²) < 4.78 is 0. The molecule has 126 valence electrons. The quantitative estimate of drug-likeness (QED) is 0.845. The Hall–Kier alpha value is -2.65. The van der Waals surface area contributed by atoms with E-state index in [0.717, 1.165) is 22.5 Å². The largest absolute Gasteiger partial charge is 0.271 e. The van der Waals surface area contributed by atoms with Crippen molar-refractivity contribution in [3.8, 4) is 6.07 Å². The van der Waals surface area contributed by atoms with E-state index in [1.54, 1.807) is 0 Å². The first-order chi connectivity index (χ1) is 11.9. The highest BCUT2D eigenvalue weighted by molar-refractivity contribution is 8.01. The Morgan fingerprint density at radius 2 is 1.80 bits per heavy atom. The highest BCUT2D eigenvalue weighted by atomic mass is 32.2. The second-order valence-electron chi connectivity index (χ2n) is 5.96. The van der Waals surface area contributed by atoms with Crippen LogP contribution in [0.1, 0.15) is 29.3 Å². The molecule has 3 rings (SSSR count). The Balaban J connectivity index is 1.94. The van der Waals surface area contributed by atoms with Crippen molar-refractivity contribution < 1.29 is 4.79 Å². The van der Waals surface area contributed by atoms with Crippen LogP contribution in [0.4, 0.5) is 5.69 Å². The van der Waals surface area contributed by atoms with Gasteiger partial charge in [0, 0.05) is 5.69 Å². The number of carbonyl (C=O) groups is 1. The van der Waals surface area contributed by atoms with Gasteiger partial charge in [0.1, 0.15) is 16.3 Å². The lowest BCUT2D eigenvalue weighted by molar-refractivity contribution is -0.116. The number of aryl methyl sites for hydroxylation is 1. The van der Waals surface area contributed by atoms with Gasteiger partial charge in [-0.15, -0.1) is 0 Å². The van der Waals surface area contributed by atoms with Crippen LogP contribution in [0.15, 0.2) is 40.5 Å². The van der Waals surface area contributed by atoms with Crippen molar-refractivity contribution in [3.63, 3.8) is 0 Å². The number of pyridine rings is 1. The van der Waals surface area contributed by atoms with E-state index in [2.05, 4.69) is 16.2 Å². The first kappa shape index (κ1) is 17.2. The summed E-state index contributed by atoms with van der Waals surface area (Å²) in [5.74, 6) is -0.115. The Kier molecular flexibility index (Phi) is 4.60. The standard InChI is InChI=1S/C19H18N4OS/c1-11-12(2)16(10-20)18(21-13(11)3)25-17-14(4)22-23(19(17)24)15-8-6-5-7-9-15/h5-9,17H,1-4H3/t17-/m1/s1. The van der Waals surface area contributed by atoms with Crippen molar-refractivity contribution >= 4 is 29.1 Å². The molecule has 1 aromatic heterocycles. The van der Waals surface area contributed by atoms with Gasteiger partial charge in [-0.05, 0) is 51.0 Å². The molecule has 25 heavy (non-hydrogen) atoms. The van der Waals surface area contributed by atoms with E-state index in [4.69, 9.17) is 0 Å². The van der Waals surface area contributed by atoms with Crippen molar-refractivity contribution in [2.75, 3.05) is 5.01 Å². The molecule has 6 heteroatoms. The first-order valence-corrected chi connectivity index (χ1v) is 8.80. The maximum Gasteiger partial charge on any atom is 0.266 e. The summed E-state index contributed by atoms with van der Waals surface area (Å²) in [6, 6.07) is 11.6. The second kappa shape index (κ2) is 6.69. The Morgan fingerprint density at radius 3 is 2.44 bits per heavy atom. The molecule has 0 bridgehead atoms. The molecule has 5 nitrogen and oxygen atoms in total. The van der Waals surface area contributed by atoms with E-state index >= 15 is 0 Å². The van der Waals surface area contributed by atoms with Crippen molar-refractivity contribution in [2.45, 2.75) is 38.0 Å². The number of hydrogen-bond donors (Lipinski definition) is 0. The minimum atomic E-state index is -0.471. The fraction of sp³-hybridized carbons (Fsp3) is 0.263. The van der Waals surface area contributed by atoms with E-state index in [1.807, 2.05) is 58.0 Å². The molecule has 1 amide bonds. The SMILES string of the molecule is CC1=NN(c2ccccc2)C(=O)[C@@H]1Sc1nc(C)c(C)c(C)c1C#N. The number of nitriles is 1. The molecule has 1 atom stereocenters. The van der Waals surface area contributed by atoms with Crippen molar-refractivity contribution in [2.24, 2.45) is 5.10 Å². The Bertz CT molecular complexity index is 915. The van der Waals surface area contributed by atoms with Crippen LogP contribution in [0.2, 0.25) is 0 Å². The number of carbonyl (C=O) groups excluding carboxylic acids is 1. The lowest BCUT2D eigenvalue weighted by atomic mass is 10.1. The fourth-order valence-corrected chi connectivity index (χ4v) is 3.83. The average molecular weight is 350 g/mol. The minimum Gasteiger partial charge on any atom is -0.271 e. The van der Waals surface area contributed by atoms with Gasteiger partial charge in [-0.2, -0.15) is 15.4 Å². The third-order valence-corrected chi connectivity index (χ3v) is 5.67. The molecule has 0 N–H and O–H groups in total. The maximum absolute atomic E-state index is 12.8. The zero-order chi connectivity index (χ0) is 18.1. The molecule has 2 aromatic rings. The van der Waals surface area contributed by atoms with E-state index < -0.39 is 5.25 Å². The van der Waals surface area contributed by atoms with Gasteiger partial charge in [0.05, 0.1) is 17.0 Å². The molecule has 0 spiro atoms. The van der Waals surface area contributed by atoms with Gasteiger partial charge in [0.25, 0.3) is 5.91 Å². The number of hydrogen-bond acceptors (Lipinski definition) is 5. The predicted octanol–water partition coefficient (Wildman–Crippen LogP) is 3.76. The summed E-state index contributed by atoms with van der Waals surface area (Å²) in [4.78, 5) is 17.4. The molecular formula is C19H18N4OS. The minimum absolute atomic E-state index is 0.115. The van der Waals surface area contributed by atoms with Crippen LogP contribution in [-0.4, -0.2) is 21.9 Å². The van der Waals surface area contributed by atoms with Gasteiger partial charge in [-0.1, -0.05) is 30.0 Å². The number of benzene rings is 1. The van der Waals surface area contributed by atoms with Gasteiger partial charge in [-0.25, -0.2) is 4.98 Å². The highest BCUT2D eigenvalue weighted by Gasteiger charge is 2.36. The molecule has 0 saturated heterocycles. The van der Waals surface area contributed by atoms with E-state index in [9.17, 15) is 10.1 Å². The second-order valence-corrected chi connectivity index (χ2v) is 7.06. The van der Waals surface area contributed by atoms with Crippen molar-refractivity contribution in [3.05, 3.63) is 52.7 Å². The van der Waals surface area contributed by atoms with Crippen LogP contribution < -0.4 is 5.01 Å². The zero-order valence-electron chi connectivity index (χ0n) is 14.6. The van der Waals surface area contributed by atoms with Gasteiger partial charge in [0.15, 0.2) is 0 Å². The number of anilines is 1. The number of nitrogens with zero attached hydrogens (tertiary/aromatic N) is 4. The zero-order valence-corrected chi connectivity index (χ0v) is 15.4. The summed E-state index contributed by atoms with van der Waals surface area (Å²) in [6.45, 7) is 7.62. The summed E-state index contributed by atoms with van der Waals surface area (Å²) in [5.41, 5.74) is 4.78. The summed E-state index contributed by atoms with van der Waals surface area (Å²) in [6.07, 6.45) is 0. The monoisotopic (exact) mass is 350 g/mol. The van der Waals surface area contributed by atoms with E-state index in [1.165, 1.54) is 16.8 Å². The van der Waals surface area contributed by atoms with Crippen LogP contribution in [0, 0.1) is 32.1 Å². The number of para-hydroxylation sites is 1. The number of amides is 1. The van der Waals surface area contributed by atoms with E-state index in [-0.39, 0.29) is 5.91 Å². The fourth-order valence-electron chi connectivity index (χ4n) is 2.68. The van der Waals surface area contributed by atoms with Gasteiger partial charge in [-0.3, -0.25) is 4.79 Å². The van der Waals surface area contributed by atoms with Crippen molar-refractivity contribution in [1.82, 2.24) is 4.98 Å². The molecular weight excluding hydrogens is 332 g/mol. The van der Waals surface area contributed by atoms with Crippen LogP contribution in [0.3, 0.4) is 0 Å². The molecule has 0 radical (unpaired) electrons. The van der Waals surface area contributed by atoms with Crippen LogP contribution >= 0.6 is 11.8 Å². The Morgan fingerprint density at radius 1 is 1.12 bits per heavy atom. The number of hydrazone groups is 1. The molecule has 0 aliphatic carbocycles. The molecule has 0 saturated carbocycles. The van der Waals surface area contributed by atoms with Crippen molar-refractivity contribution in [1.29, 1.82) is 5.26 Å². The molecule has 0 unspecified atom stereocenters. The number of thioether (sulfide) groups is 1. The van der Waals surface area contributed by atoms with E-state index in [0.29, 0.717) is 16.3 Å². The van der Waals surface area contributed by atoms with Crippen LogP contribution in [0.25, 0.3) is 0 Å². The van der Waals surface area contributed by atoms with Gasteiger partial charge >= 0.3 is 0 Å². The molecule has 0 fully saturated rings. The summed E-state index contributed by atoms with van der Waals surface area (Å²) in [7, 11) is 0. The average Bonchev–Trinajstić information content (AvgIpc) is 2.89. The summed E-state index contributed by atoms with van der Waals surface area (Å²) in [5, 5.41) is 15.5. The molecule has 2 heterocycles. The summed E-state index contributed by atoms with van der Waals surface area (Å²) >= 11 is 1.30. The van der Waals surface area contributed by atoms with Gasteiger partial charge in [0.2, 0.25) is 0 Å². The highest BCUT2D eigenvalue weighted by Crippen LogP contribution is 2.34. The predicted molar refractivity (Wildman–Crippen MR) is 99.8 cm³/mol. The first-order valence-electron chi connectivity index (χ1n) is 7.92. The molecule has 1 aliphatic heterocycles. The third-order valence-electron chi connectivity index (χ3n) is 4.38. The Labute approximate surface area is 151 Å². The third kappa shape index (κ3) is 3.03. The van der Waals surface area contributed by atoms with Crippen LogP contribution in [0.5, 0.6) is 0 Å². The maximum atomic E-state index is 12.8. The lowest BCUT2D eigenvalue weighted by Gasteiger charge is -2.15. The smallest absolute Gasteiger partial charge is 0.266 e.